The van der Waals surface area contributed by atoms with E-state index in [-0.39, 0.29) is 5.60 Å². The number of halogens is 1. The summed E-state index contributed by atoms with van der Waals surface area (Å²) in [7, 11) is 1.64. The van der Waals surface area contributed by atoms with E-state index < -0.39 is 0 Å². The Morgan fingerprint density at radius 2 is 2.10 bits per heavy atom. The zero-order valence-electron chi connectivity index (χ0n) is 12.7. The van der Waals surface area contributed by atoms with Crippen molar-refractivity contribution in [2.24, 2.45) is 0 Å². The molecule has 4 heteroatoms. The van der Waals surface area contributed by atoms with Crippen LogP contribution in [0.2, 0.25) is 5.02 Å². The van der Waals surface area contributed by atoms with Crippen molar-refractivity contribution in [3.05, 3.63) is 23.2 Å². The van der Waals surface area contributed by atoms with Crippen molar-refractivity contribution in [1.82, 2.24) is 0 Å². The second-order valence-electron chi connectivity index (χ2n) is 6.25. The molecule has 1 spiro atoms. The fraction of sp³-hybridized carbons (Fsp3) is 0.647. The molecule has 1 heterocycles. The lowest BCUT2D eigenvalue weighted by atomic mass is 9.83. The molecule has 0 radical (unpaired) electrons. The Kier molecular flexibility index (Phi) is 4.60. The van der Waals surface area contributed by atoms with Crippen molar-refractivity contribution in [2.75, 3.05) is 19.0 Å². The van der Waals surface area contributed by atoms with Crippen molar-refractivity contribution in [1.29, 1.82) is 0 Å². The first-order chi connectivity index (χ1) is 10.2. The predicted octanol–water partition coefficient (Wildman–Crippen LogP) is 4.64. The summed E-state index contributed by atoms with van der Waals surface area (Å²) in [6.45, 7) is 0.854. The summed E-state index contributed by atoms with van der Waals surface area (Å²) in [4.78, 5) is 0. The quantitative estimate of drug-likeness (QED) is 0.878. The summed E-state index contributed by atoms with van der Waals surface area (Å²) >= 11 is 6.04. The molecule has 1 aromatic rings. The number of methoxy groups -OCH3 is 1. The summed E-state index contributed by atoms with van der Waals surface area (Å²) in [5, 5.41) is 4.09. The molecule has 1 unspecified atom stereocenters. The molecule has 1 aromatic carbocycles. The first-order valence-corrected chi connectivity index (χ1v) is 8.34. The van der Waals surface area contributed by atoms with Crippen molar-refractivity contribution in [3.8, 4) is 5.75 Å². The van der Waals surface area contributed by atoms with Crippen LogP contribution in [0.4, 0.5) is 5.69 Å². The average molecular weight is 310 g/mol. The third-order valence-electron chi connectivity index (χ3n) is 4.79. The van der Waals surface area contributed by atoms with Crippen LogP contribution in [-0.4, -0.2) is 25.4 Å². The van der Waals surface area contributed by atoms with E-state index in [1.165, 1.54) is 38.5 Å². The molecule has 3 rings (SSSR count). The molecular weight excluding hydrogens is 286 g/mol. The number of ether oxygens (including phenoxy) is 2. The van der Waals surface area contributed by atoms with Gasteiger partial charge in [-0.1, -0.05) is 30.9 Å². The molecule has 116 valence electrons. The molecule has 1 atom stereocenters. The molecule has 1 aliphatic heterocycles. The third-order valence-corrected chi connectivity index (χ3v) is 5.10. The molecule has 21 heavy (non-hydrogen) atoms. The Bertz CT molecular complexity index is 486. The molecule has 0 bridgehead atoms. The van der Waals surface area contributed by atoms with E-state index in [0.29, 0.717) is 16.9 Å². The minimum atomic E-state index is 0.197. The van der Waals surface area contributed by atoms with Crippen LogP contribution in [0, 0.1) is 0 Å². The maximum absolute atomic E-state index is 6.37. The fourth-order valence-electron chi connectivity index (χ4n) is 3.60. The standard InChI is InChI=1S/C17H24ClNO2/c1-20-16-11-13(5-6-15(16)18)19-12-14-7-10-17(21-14)8-3-2-4-9-17/h5-6,11,14,19H,2-4,7-10,12H2,1H3. The molecule has 0 amide bonds. The molecule has 2 aliphatic rings. The summed E-state index contributed by atoms with van der Waals surface area (Å²) < 4.78 is 11.6. The molecule has 2 fully saturated rings. The van der Waals surface area contributed by atoms with Gasteiger partial charge in [-0.25, -0.2) is 0 Å². The largest absolute Gasteiger partial charge is 0.495 e. The first kappa shape index (κ1) is 15.0. The summed E-state index contributed by atoms with van der Waals surface area (Å²) in [5.74, 6) is 0.706. The number of anilines is 1. The van der Waals surface area contributed by atoms with E-state index >= 15 is 0 Å². The minimum absolute atomic E-state index is 0.197. The average Bonchev–Trinajstić information content (AvgIpc) is 2.90. The third kappa shape index (κ3) is 3.46. The van der Waals surface area contributed by atoms with E-state index in [9.17, 15) is 0 Å². The van der Waals surface area contributed by atoms with Crippen LogP contribution in [0.5, 0.6) is 5.75 Å². The van der Waals surface area contributed by atoms with Crippen LogP contribution in [0.25, 0.3) is 0 Å². The SMILES string of the molecule is COc1cc(NCC2CCC3(CCCCC3)O2)ccc1Cl. The lowest BCUT2D eigenvalue weighted by Gasteiger charge is -2.33. The maximum Gasteiger partial charge on any atom is 0.139 e. The Morgan fingerprint density at radius 3 is 2.86 bits per heavy atom. The highest BCUT2D eigenvalue weighted by Gasteiger charge is 2.40. The number of hydrogen-bond acceptors (Lipinski definition) is 3. The Balaban J connectivity index is 1.54. The Hall–Kier alpha value is -0.930. The van der Waals surface area contributed by atoms with Gasteiger partial charge < -0.3 is 14.8 Å². The lowest BCUT2D eigenvalue weighted by molar-refractivity contribution is -0.0588. The highest BCUT2D eigenvalue weighted by atomic mass is 35.5. The summed E-state index contributed by atoms with van der Waals surface area (Å²) in [6, 6.07) is 5.78. The maximum atomic E-state index is 6.37. The first-order valence-electron chi connectivity index (χ1n) is 7.96. The van der Waals surface area contributed by atoms with E-state index in [2.05, 4.69) is 5.32 Å². The molecular formula is C17H24ClNO2. The van der Waals surface area contributed by atoms with Crippen molar-refractivity contribution in [2.45, 2.75) is 56.7 Å². The minimum Gasteiger partial charge on any atom is -0.495 e. The van der Waals surface area contributed by atoms with E-state index in [1.807, 2.05) is 18.2 Å². The number of nitrogens with one attached hydrogen (secondary N) is 1. The fourth-order valence-corrected chi connectivity index (χ4v) is 3.80. The molecule has 1 saturated carbocycles. The topological polar surface area (TPSA) is 30.5 Å². The van der Waals surface area contributed by atoms with Gasteiger partial charge in [0.15, 0.2) is 0 Å². The second kappa shape index (κ2) is 6.45. The number of hydrogen-bond donors (Lipinski definition) is 1. The van der Waals surface area contributed by atoms with Crippen LogP contribution in [-0.2, 0) is 4.74 Å². The van der Waals surface area contributed by atoms with Crippen molar-refractivity contribution in [3.63, 3.8) is 0 Å². The van der Waals surface area contributed by atoms with Gasteiger partial charge in [0.05, 0.1) is 23.8 Å². The Labute approximate surface area is 132 Å². The van der Waals surface area contributed by atoms with Crippen LogP contribution in [0.15, 0.2) is 18.2 Å². The molecule has 1 aliphatic carbocycles. The van der Waals surface area contributed by atoms with Crippen molar-refractivity contribution >= 4 is 17.3 Å². The van der Waals surface area contributed by atoms with E-state index in [4.69, 9.17) is 21.1 Å². The van der Waals surface area contributed by atoms with E-state index in [1.54, 1.807) is 7.11 Å². The van der Waals surface area contributed by atoms with Gasteiger partial charge in [0.25, 0.3) is 0 Å². The second-order valence-corrected chi connectivity index (χ2v) is 6.66. The molecule has 3 nitrogen and oxygen atoms in total. The van der Waals surface area contributed by atoms with E-state index in [0.717, 1.165) is 18.7 Å². The molecule has 1 saturated heterocycles. The van der Waals surface area contributed by atoms with Gasteiger partial charge in [-0.15, -0.1) is 0 Å². The van der Waals surface area contributed by atoms with Crippen molar-refractivity contribution < 1.29 is 9.47 Å². The van der Waals surface area contributed by atoms with Crippen LogP contribution in [0.3, 0.4) is 0 Å². The predicted molar refractivity (Wildman–Crippen MR) is 86.4 cm³/mol. The van der Waals surface area contributed by atoms with Gasteiger partial charge in [0.1, 0.15) is 5.75 Å². The normalized spacial score (nSPS) is 24.2. The summed E-state index contributed by atoms with van der Waals surface area (Å²) in [5.41, 5.74) is 1.23. The monoisotopic (exact) mass is 309 g/mol. The number of benzene rings is 1. The van der Waals surface area contributed by atoms with Gasteiger partial charge >= 0.3 is 0 Å². The lowest BCUT2D eigenvalue weighted by Crippen LogP contribution is -2.33. The zero-order valence-corrected chi connectivity index (χ0v) is 13.4. The van der Waals surface area contributed by atoms with Gasteiger partial charge in [-0.05, 0) is 37.8 Å². The highest BCUT2D eigenvalue weighted by molar-refractivity contribution is 6.32. The van der Waals surface area contributed by atoms with Gasteiger partial charge in [-0.3, -0.25) is 0 Å². The zero-order chi connectivity index (χ0) is 14.7. The van der Waals surface area contributed by atoms with Gasteiger partial charge in [-0.2, -0.15) is 0 Å². The Morgan fingerprint density at radius 1 is 1.29 bits per heavy atom. The molecule has 0 aromatic heterocycles. The summed E-state index contributed by atoms with van der Waals surface area (Å²) in [6.07, 6.45) is 9.24. The molecule has 1 N–H and O–H groups in total. The van der Waals surface area contributed by atoms with Gasteiger partial charge in [0, 0.05) is 18.3 Å². The van der Waals surface area contributed by atoms with Crippen LogP contribution >= 0.6 is 11.6 Å². The number of rotatable bonds is 4. The smallest absolute Gasteiger partial charge is 0.139 e. The van der Waals surface area contributed by atoms with Crippen LogP contribution < -0.4 is 10.1 Å². The highest BCUT2D eigenvalue weighted by Crippen LogP contribution is 2.41. The van der Waals surface area contributed by atoms with Gasteiger partial charge in [0.2, 0.25) is 0 Å². The van der Waals surface area contributed by atoms with Crippen LogP contribution in [0.1, 0.15) is 44.9 Å².